The van der Waals surface area contributed by atoms with Crippen LogP contribution in [0.2, 0.25) is 0 Å². The van der Waals surface area contributed by atoms with Crippen molar-refractivity contribution >= 4 is 23.2 Å². The molecule has 5 rings (SSSR count). The van der Waals surface area contributed by atoms with Crippen molar-refractivity contribution in [1.29, 1.82) is 0 Å². The van der Waals surface area contributed by atoms with Gasteiger partial charge in [0.1, 0.15) is 6.04 Å². The predicted molar refractivity (Wildman–Crippen MR) is 143 cm³/mol. The fraction of sp³-hybridized carbons (Fsp3) is 0.276. The Morgan fingerprint density at radius 3 is 2.92 bits per heavy atom. The molecule has 1 saturated heterocycles. The number of rotatable bonds is 5. The van der Waals surface area contributed by atoms with E-state index < -0.39 is 5.82 Å². The number of nitrogens with zero attached hydrogens (tertiary/aromatic N) is 2. The van der Waals surface area contributed by atoms with Crippen molar-refractivity contribution in [1.82, 2.24) is 20.2 Å². The lowest BCUT2D eigenvalue weighted by Crippen LogP contribution is -2.62. The molecule has 1 atom stereocenters. The smallest absolute Gasteiger partial charge is 0.255 e. The van der Waals surface area contributed by atoms with E-state index in [0.29, 0.717) is 53.3 Å². The van der Waals surface area contributed by atoms with E-state index in [1.54, 1.807) is 29.4 Å². The van der Waals surface area contributed by atoms with E-state index in [-0.39, 0.29) is 29.0 Å². The molecule has 194 valence electrons. The zero-order chi connectivity index (χ0) is 27.0. The molecule has 2 aromatic heterocycles. The van der Waals surface area contributed by atoms with Crippen LogP contribution in [0.4, 0.5) is 15.8 Å². The highest BCUT2D eigenvalue weighted by atomic mass is 19.1. The molecule has 4 heterocycles. The Bertz CT molecular complexity index is 1510. The molecule has 0 spiro atoms. The number of carbonyl (C=O) groups excluding carboxylic acids is 2. The fourth-order valence-electron chi connectivity index (χ4n) is 5.04. The molecular formula is C29H28FN5O3. The van der Waals surface area contributed by atoms with Crippen LogP contribution in [0, 0.1) is 23.1 Å². The van der Waals surface area contributed by atoms with Crippen molar-refractivity contribution in [3.8, 4) is 28.8 Å². The Morgan fingerprint density at radius 1 is 1.37 bits per heavy atom. The molecule has 0 unspecified atom stereocenters. The number of hydrogen-bond acceptors (Lipinski definition) is 5. The summed E-state index contributed by atoms with van der Waals surface area (Å²) in [4.78, 5) is 34.6. The Kier molecular flexibility index (Phi) is 6.41. The van der Waals surface area contributed by atoms with Gasteiger partial charge >= 0.3 is 0 Å². The lowest BCUT2D eigenvalue weighted by molar-refractivity contribution is -0.140. The van der Waals surface area contributed by atoms with Crippen LogP contribution >= 0.6 is 0 Å². The van der Waals surface area contributed by atoms with Gasteiger partial charge in [0.2, 0.25) is 5.91 Å². The van der Waals surface area contributed by atoms with Crippen molar-refractivity contribution in [2.24, 2.45) is 5.41 Å². The Hall–Kier alpha value is -4.58. The maximum absolute atomic E-state index is 14.5. The van der Waals surface area contributed by atoms with E-state index >= 15 is 0 Å². The molecule has 0 bridgehead atoms. The maximum atomic E-state index is 14.5. The van der Waals surface area contributed by atoms with Crippen molar-refractivity contribution in [3.05, 3.63) is 72.0 Å². The van der Waals surface area contributed by atoms with Crippen LogP contribution in [0.1, 0.15) is 35.5 Å². The number of aromatic amines is 1. The largest absolute Gasteiger partial charge is 0.492 e. The van der Waals surface area contributed by atoms with E-state index in [9.17, 15) is 14.0 Å². The number of benzene rings is 1. The predicted octanol–water partition coefficient (Wildman–Crippen LogP) is 4.03. The topological polar surface area (TPSA) is 99.3 Å². The van der Waals surface area contributed by atoms with Gasteiger partial charge in [0, 0.05) is 48.6 Å². The number of likely N-dealkylation sites (tertiary alicyclic amines) is 1. The minimum atomic E-state index is -0.523. The zero-order valence-electron chi connectivity index (χ0n) is 21.4. The lowest BCUT2D eigenvalue weighted by Gasteiger charge is -2.51. The first-order valence-electron chi connectivity index (χ1n) is 12.3. The second kappa shape index (κ2) is 9.71. The van der Waals surface area contributed by atoms with E-state index in [1.807, 2.05) is 6.07 Å². The van der Waals surface area contributed by atoms with Crippen LogP contribution in [0.5, 0.6) is 5.75 Å². The van der Waals surface area contributed by atoms with E-state index in [2.05, 4.69) is 52.9 Å². The quantitative estimate of drug-likeness (QED) is 0.354. The van der Waals surface area contributed by atoms with Gasteiger partial charge in [-0.1, -0.05) is 38.3 Å². The molecule has 0 radical (unpaired) electrons. The van der Waals surface area contributed by atoms with Crippen molar-refractivity contribution in [2.45, 2.75) is 26.3 Å². The van der Waals surface area contributed by atoms with Crippen LogP contribution in [0.15, 0.2) is 49.3 Å². The van der Waals surface area contributed by atoms with Crippen molar-refractivity contribution < 1.29 is 18.7 Å². The summed E-state index contributed by atoms with van der Waals surface area (Å²) in [6, 6.07) is 6.09. The maximum Gasteiger partial charge on any atom is 0.255 e. The number of anilines is 2. The minimum absolute atomic E-state index is 0.0403. The summed E-state index contributed by atoms with van der Waals surface area (Å²) in [6.45, 7) is 8.82. The molecule has 2 amide bonds. The number of carbonyl (C=O) groups is 2. The highest BCUT2D eigenvalue weighted by molar-refractivity contribution is 6.06. The summed E-state index contributed by atoms with van der Waals surface area (Å²) in [5.74, 6) is 5.59. The summed E-state index contributed by atoms with van der Waals surface area (Å²) < 4.78 is 19.7. The molecule has 0 saturated carbocycles. The highest BCUT2D eigenvalue weighted by Gasteiger charge is 2.46. The number of amides is 2. The van der Waals surface area contributed by atoms with Gasteiger partial charge in [-0.15, -0.1) is 0 Å². The number of ether oxygens (including phenoxy) is 1. The zero-order valence-corrected chi connectivity index (χ0v) is 21.4. The van der Waals surface area contributed by atoms with Gasteiger partial charge in [0.05, 0.1) is 35.3 Å². The molecule has 3 aromatic rings. The monoisotopic (exact) mass is 513 g/mol. The number of aromatic nitrogens is 2. The number of methoxy groups -OCH3 is 1. The average molecular weight is 514 g/mol. The average Bonchev–Trinajstić information content (AvgIpc) is 3.26. The van der Waals surface area contributed by atoms with Crippen LogP contribution < -0.4 is 15.4 Å². The van der Waals surface area contributed by atoms with E-state index in [0.717, 1.165) is 5.69 Å². The molecule has 9 heteroatoms. The molecule has 2 aliphatic heterocycles. The van der Waals surface area contributed by atoms with Gasteiger partial charge in [0.25, 0.3) is 5.91 Å². The Balaban J connectivity index is 1.62. The molecule has 0 aliphatic carbocycles. The third-order valence-electron chi connectivity index (χ3n) is 6.92. The molecule has 2 aliphatic rings. The molecular weight excluding hydrogens is 485 g/mol. The summed E-state index contributed by atoms with van der Waals surface area (Å²) in [6.07, 6.45) is 5.21. The van der Waals surface area contributed by atoms with Crippen LogP contribution in [-0.2, 0) is 11.2 Å². The summed E-state index contributed by atoms with van der Waals surface area (Å²) in [5, 5.41) is 6.12. The molecule has 1 fully saturated rings. The highest BCUT2D eigenvalue weighted by Crippen LogP contribution is 2.41. The molecule has 8 nitrogen and oxygen atoms in total. The fourth-order valence-corrected chi connectivity index (χ4v) is 5.04. The number of fused-ring (bicyclic) bond motifs is 1. The number of pyridine rings is 1. The number of halogens is 1. The van der Waals surface area contributed by atoms with Gasteiger partial charge in [0.15, 0.2) is 11.6 Å². The summed E-state index contributed by atoms with van der Waals surface area (Å²) >= 11 is 0. The molecule has 38 heavy (non-hydrogen) atoms. The van der Waals surface area contributed by atoms with Gasteiger partial charge in [-0.05, 0) is 24.3 Å². The second-order valence-electron chi connectivity index (χ2n) is 9.93. The number of H-pyrrole nitrogens is 1. The first kappa shape index (κ1) is 25.1. The number of nitrogens with one attached hydrogen (secondary N) is 3. The lowest BCUT2D eigenvalue weighted by atomic mass is 9.75. The molecule has 3 N–H and O–H groups in total. The van der Waals surface area contributed by atoms with Crippen molar-refractivity contribution in [3.63, 3.8) is 0 Å². The first-order valence-corrected chi connectivity index (χ1v) is 12.3. The Morgan fingerprint density at radius 2 is 2.18 bits per heavy atom. The van der Waals surface area contributed by atoms with Crippen LogP contribution in [0.3, 0.4) is 0 Å². The third-order valence-corrected chi connectivity index (χ3v) is 6.92. The minimum Gasteiger partial charge on any atom is -0.492 e. The van der Waals surface area contributed by atoms with Gasteiger partial charge in [-0.2, -0.15) is 0 Å². The van der Waals surface area contributed by atoms with Gasteiger partial charge in [-0.3, -0.25) is 14.6 Å². The normalized spacial score (nSPS) is 17.3. The first-order chi connectivity index (χ1) is 18.2. The van der Waals surface area contributed by atoms with Gasteiger partial charge < -0.3 is 25.3 Å². The Labute approximate surface area is 220 Å². The van der Waals surface area contributed by atoms with E-state index in [1.165, 1.54) is 19.3 Å². The van der Waals surface area contributed by atoms with Crippen molar-refractivity contribution in [2.75, 3.05) is 25.5 Å². The summed E-state index contributed by atoms with van der Waals surface area (Å²) in [5.41, 5.74) is 3.88. The standard InChI is InChI=1S/C29H28FN5O3/c1-5-23(36)35-16-29(2,3)22(35)10-9-17-15-31-13-11-18(17)25-26(24-20(33-25)12-14-32-28(24)37)34-21-8-6-7-19(30)27(21)38-4/h5-8,11,13,15,22,33-34H,1,12,14,16H2,2-4H3,(H,32,37)/t22-/m0/s1. The van der Waals surface area contributed by atoms with E-state index in [4.69, 9.17) is 4.74 Å². The van der Waals surface area contributed by atoms with Gasteiger partial charge in [-0.25, -0.2) is 4.39 Å². The molecule has 1 aromatic carbocycles. The second-order valence-corrected chi connectivity index (χ2v) is 9.93. The summed E-state index contributed by atoms with van der Waals surface area (Å²) in [7, 11) is 1.39. The van der Waals surface area contributed by atoms with Crippen LogP contribution in [0.25, 0.3) is 11.3 Å². The third kappa shape index (κ3) is 4.28. The number of para-hydroxylation sites is 1. The van der Waals surface area contributed by atoms with Crippen LogP contribution in [-0.4, -0.2) is 52.9 Å². The number of hydrogen-bond donors (Lipinski definition) is 3. The SMILES string of the molecule is C=CC(=O)N1CC(C)(C)[C@@H]1C#Cc1cnccc1-c1[nH]c2c(c1Nc1cccc(F)c1OC)C(=O)NCC2.